The molecule has 1 heteroatoms. The second kappa shape index (κ2) is 13.0. The van der Waals surface area contributed by atoms with E-state index in [9.17, 15) is 0 Å². The van der Waals surface area contributed by atoms with E-state index in [-0.39, 0.29) is 0 Å². The Morgan fingerprint density at radius 3 is 2.21 bits per heavy atom. The second-order valence-electron chi connectivity index (χ2n) is 6.85. The molecule has 0 saturated heterocycles. The molecule has 0 aliphatic carbocycles. The Morgan fingerprint density at radius 2 is 1.63 bits per heavy atom. The van der Waals surface area contributed by atoms with E-state index in [2.05, 4.69) is 39.9 Å². The molecule has 0 rings (SSSR count). The molecule has 0 bridgehead atoms. The Morgan fingerprint density at radius 1 is 0.895 bits per heavy atom. The molecule has 0 saturated carbocycles. The van der Waals surface area contributed by atoms with E-state index in [4.69, 9.17) is 0 Å². The molecule has 116 valence electrons. The van der Waals surface area contributed by atoms with Crippen molar-refractivity contribution in [2.75, 3.05) is 13.1 Å². The van der Waals surface area contributed by atoms with Crippen LogP contribution in [0.1, 0.15) is 86.0 Å². The topological polar surface area (TPSA) is 12.0 Å². The fraction of sp³-hybridized carbons (Fsp3) is 1.00. The quantitative estimate of drug-likeness (QED) is 0.426. The van der Waals surface area contributed by atoms with Gasteiger partial charge in [-0.05, 0) is 50.1 Å². The van der Waals surface area contributed by atoms with Gasteiger partial charge in [0.15, 0.2) is 0 Å². The van der Waals surface area contributed by atoms with Crippen LogP contribution in [0.4, 0.5) is 0 Å². The van der Waals surface area contributed by atoms with E-state index in [1.54, 1.807) is 0 Å². The summed E-state index contributed by atoms with van der Waals surface area (Å²) >= 11 is 0. The number of rotatable bonds is 13. The minimum atomic E-state index is 0.858. The average molecular weight is 270 g/mol. The SMILES string of the molecule is CCCCC(CC)CNCCCCC(C)CC(C)C. The van der Waals surface area contributed by atoms with Gasteiger partial charge in [-0.2, -0.15) is 0 Å². The van der Waals surface area contributed by atoms with Crippen molar-refractivity contribution in [3.63, 3.8) is 0 Å². The van der Waals surface area contributed by atoms with Gasteiger partial charge in [0.2, 0.25) is 0 Å². The molecule has 0 aromatic heterocycles. The Labute approximate surface area is 122 Å². The smallest absolute Gasteiger partial charge is 0.00206 e. The van der Waals surface area contributed by atoms with E-state index in [1.807, 2.05) is 0 Å². The third-order valence-electron chi connectivity index (χ3n) is 4.15. The third-order valence-corrected chi connectivity index (χ3v) is 4.15. The van der Waals surface area contributed by atoms with E-state index in [0.29, 0.717) is 0 Å². The molecule has 0 aromatic carbocycles. The molecule has 0 aliphatic rings. The minimum Gasteiger partial charge on any atom is -0.316 e. The molecule has 0 radical (unpaired) electrons. The van der Waals surface area contributed by atoms with Crippen molar-refractivity contribution >= 4 is 0 Å². The highest BCUT2D eigenvalue weighted by Gasteiger charge is 2.06. The van der Waals surface area contributed by atoms with Gasteiger partial charge in [-0.3, -0.25) is 0 Å². The van der Waals surface area contributed by atoms with Crippen molar-refractivity contribution in [1.82, 2.24) is 5.32 Å². The highest BCUT2D eigenvalue weighted by molar-refractivity contribution is 4.62. The molecule has 0 aromatic rings. The van der Waals surface area contributed by atoms with E-state index in [0.717, 1.165) is 17.8 Å². The van der Waals surface area contributed by atoms with Gasteiger partial charge in [-0.1, -0.05) is 66.7 Å². The van der Waals surface area contributed by atoms with Gasteiger partial charge < -0.3 is 5.32 Å². The highest BCUT2D eigenvalue weighted by Crippen LogP contribution is 2.17. The summed E-state index contributed by atoms with van der Waals surface area (Å²) in [6.45, 7) is 14.1. The number of hydrogen-bond donors (Lipinski definition) is 1. The van der Waals surface area contributed by atoms with Crippen LogP contribution in [0.2, 0.25) is 0 Å². The lowest BCUT2D eigenvalue weighted by molar-refractivity contribution is 0.389. The lowest BCUT2D eigenvalue weighted by Crippen LogP contribution is -2.23. The van der Waals surface area contributed by atoms with Crippen molar-refractivity contribution in [3.05, 3.63) is 0 Å². The summed E-state index contributed by atoms with van der Waals surface area (Å²) in [6, 6.07) is 0. The maximum absolute atomic E-state index is 3.66. The predicted octanol–water partition coefficient (Wildman–Crippen LogP) is 5.64. The van der Waals surface area contributed by atoms with Crippen molar-refractivity contribution < 1.29 is 0 Å². The fourth-order valence-corrected chi connectivity index (χ4v) is 2.91. The van der Waals surface area contributed by atoms with Crippen LogP contribution in [-0.2, 0) is 0 Å². The molecular formula is C18H39N. The van der Waals surface area contributed by atoms with Gasteiger partial charge in [-0.15, -0.1) is 0 Å². The molecule has 0 spiro atoms. The van der Waals surface area contributed by atoms with Crippen molar-refractivity contribution in [2.24, 2.45) is 17.8 Å². The zero-order valence-electron chi connectivity index (χ0n) is 14.3. The lowest BCUT2D eigenvalue weighted by atomic mass is 9.94. The molecule has 2 unspecified atom stereocenters. The molecule has 0 aliphatic heterocycles. The van der Waals surface area contributed by atoms with Crippen LogP contribution in [0.3, 0.4) is 0 Å². The maximum atomic E-state index is 3.66. The van der Waals surface area contributed by atoms with Gasteiger partial charge in [0.25, 0.3) is 0 Å². The van der Waals surface area contributed by atoms with Crippen molar-refractivity contribution in [2.45, 2.75) is 86.0 Å². The predicted molar refractivity (Wildman–Crippen MR) is 88.6 cm³/mol. The second-order valence-corrected chi connectivity index (χ2v) is 6.85. The van der Waals surface area contributed by atoms with Gasteiger partial charge in [-0.25, -0.2) is 0 Å². The first kappa shape index (κ1) is 19.0. The summed E-state index contributed by atoms with van der Waals surface area (Å²) < 4.78 is 0. The van der Waals surface area contributed by atoms with Gasteiger partial charge in [0, 0.05) is 0 Å². The minimum absolute atomic E-state index is 0.858. The fourth-order valence-electron chi connectivity index (χ4n) is 2.91. The lowest BCUT2D eigenvalue weighted by Gasteiger charge is -2.16. The van der Waals surface area contributed by atoms with Crippen LogP contribution < -0.4 is 5.32 Å². The Balaban J connectivity index is 3.38. The molecule has 0 heterocycles. The summed E-state index contributed by atoms with van der Waals surface area (Å²) in [5.74, 6) is 2.67. The van der Waals surface area contributed by atoms with Crippen LogP contribution in [0, 0.1) is 17.8 Å². The Bertz CT molecular complexity index is 177. The Kier molecular flexibility index (Phi) is 12.9. The number of unbranched alkanes of at least 4 members (excludes halogenated alkanes) is 2. The first-order valence-corrected chi connectivity index (χ1v) is 8.80. The van der Waals surface area contributed by atoms with Gasteiger partial charge in [0.05, 0.1) is 0 Å². The molecule has 0 amide bonds. The first-order chi connectivity index (χ1) is 9.10. The Hall–Kier alpha value is -0.0400. The van der Waals surface area contributed by atoms with Crippen LogP contribution in [0.15, 0.2) is 0 Å². The summed E-state index contributed by atoms with van der Waals surface area (Å²) in [4.78, 5) is 0. The van der Waals surface area contributed by atoms with E-state index < -0.39 is 0 Å². The average Bonchev–Trinajstić information content (AvgIpc) is 2.36. The van der Waals surface area contributed by atoms with Gasteiger partial charge >= 0.3 is 0 Å². The van der Waals surface area contributed by atoms with Crippen molar-refractivity contribution in [1.29, 1.82) is 0 Å². The van der Waals surface area contributed by atoms with E-state index >= 15 is 0 Å². The third kappa shape index (κ3) is 12.7. The van der Waals surface area contributed by atoms with Crippen LogP contribution >= 0.6 is 0 Å². The molecule has 19 heavy (non-hydrogen) atoms. The molecule has 0 fully saturated rings. The molecule has 1 N–H and O–H groups in total. The standard InChI is InChI=1S/C18H39N/c1-6-8-12-18(7-2)15-19-13-10-9-11-17(5)14-16(3)4/h16-19H,6-15H2,1-5H3. The van der Waals surface area contributed by atoms with Crippen molar-refractivity contribution in [3.8, 4) is 0 Å². The summed E-state index contributed by atoms with van der Waals surface area (Å²) in [7, 11) is 0. The summed E-state index contributed by atoms with van der Waals surface area (Å²) in [6.07, 6.45) is 11.0. The zero-order chi connectivity index (χ0) is 14.5. The normalized spacial score (nSPS) is 14.8. The van der Waals surface area contributed by atoms with Crippen LogP contribution in [0.25, 0.3) is 0 Å². The molecular weight excluding hydrogens is 230 g/mol. The highest BCUT2D eigenvalue weighted by atomic mass is 14.8. The van der Waals surface area contributed by atoms with Crippen LogP contribution in [-0.4, -0.2) is 13.1 Å². The van der Waals surface area contributed by atoms with E-state index in [1.165, 1.54) is 64.5 Å². The monoisotopic (exact) mass is 269 g/mol. The number of hydrogen-bond acceptors (Lipinski definition) is 1. The maximum Gasteiger partial charge on any atom is -0.00206 e. The zero-order valence-corrected chi connectivity index (χ0v) is 14.3. The molecule has 2 atom stereocenters. The molecule has 1 nitrogen and oxygen atoms in total. The first-order valence-electron chi connectivity index (χ1n) is 8.80. The largest absolute Gasteiger partial charge is 0.316 e. The van der Waals surface area contributed by atoms with Crippen LogP contribution in [0.5, 0.6) is 0 Å². The summed E-state index contributed by atoms with van der Waals surface area (Å²) in [5.41, 5.74) is 0. The van der Waals surface area contributed by atoms with Gasteiger partial charge in [0.1, 0.15) is 0 Å². The summed E-state index contributed by atoms with van der Waals surface area (Å²) in [5, 5.41) is 3.66. The number of nitrogens with one attached hydrogen (secondary N) is 1.